The Morgan fingerprint density at radius 2 is 1.55 bits per heavy atom. The fraction of sp³-hybridized carbons (Fsp3) is 0.192. The fourth-order valence-corrected chi connectivity index (χ4v) is 3.08. The molecule has 3 aromatic rings. The summed E-state index contributed by atoms with van der Waals surface area (Å²) in [7, 11) is 0. The van der Waals surface area contributed by atoms with Crippen LogP contribution in [0.4, 0.5) is 8.78 Å². The summed E-state index contributed by atoms with van der Waals surface area (Å²) in [6.45, 7) is 2.14. The second-order valence-electron chi connectivity index (χ2n) is 6.91. The number of benzene rings is 3. The average Bonchev–Trinajstić information content (AvgIpc) is 2.73. The van der Waals surface area contributed by atoms with Crippen molar-refractivity contribution in [2.75, 3.05) is 0 Å². The third-order valence-electron chi connectivity index (χ3n) is 4.74. The highest BCUT2D eigenvalue weighted by molar-refractivity contribution is 5.66. The standard InChI is InChI=1S/C26H21F2N/c1-2-3-4-5-20-11-15-24(26(28)16-20)23-14-13-22(25(27)17-23)12-10-19-6-8-21(18-29)9-7-19/h6-9,11,13-17H,2-5H2,1H3. The SMILES string of the molecule is CCCCCc1ccc(-c2ccc(C#Cc3ccc(C#N)cc3)c(F)c2)c(F)c1. The predicted octanol–water partition coefficient (Wildman–Crippen LogP) is 6.64. The molecular weight excluding hydrogens is 364 g/mol. The molecule has 0 fully saturated rings. The zero-order valence-corrected chi connectivity index (χ0v) is 16.3. The largest absolute Gasteiger partial charge is 0.206 e. The summed E-state index contributed by atoms with van der Waals surface area (Å²) in [6, 6.07) is 18.5. The molecule has 0 N–H and O–H groups in total. The maximum Gasteiger partial charge on any atom is 0.139 e. The Morgan fingerprint density at radius 1 is 0.793 bits per heavy atom. The van der Waals surface area contributed by atoms with Gasteiger partial charge in [0.15, 0.2) is 0 Å². The van der Waals surface area contributed by atoms with Gasteiger partial charge >= 0.3 is 0 Å². The van der Waals surface area contributed by atoms with Crippen molar-refractivity contribution in [1.82, 2.24) is 0 Å². The summed E-state index contributed by atoms with van der Waals surface area (Å²) in [5, 5.41) is 8.81. The van der Waals surface area contributed by atoms with E-state index >= 15 is 0 Å². The summed E-state index contributed by atoms with van der Waals surface area (Å²) in [5.41, 5.74) is 3.32. The van der Waals surface area contributed by atoms with Crippen LogP contribution in [0.2, 0.25) is 0 Å². The quantitative estimate of drug-likeness (QED) is 0.357. The number of rotatable bonds is 5. The summed E-state index contributed by atoms with van der Waals surface area (Å²) >= 11 is 0. The van der Waals surface area contributed by atoms with E-state index < -0.39 is 5.82 Å². The molecule has 0 heterocycles. The normalized spacial score (nSPS) is 10.1. The molecule has 0 atom stereocenters. The van der Waals surface area contributed by atoms with E-state index in [1.807, 2.05) is 12.1 Å². The van der Waals surface area contributed by atoms with Crippen LogP contribution >= 0.6 is 0 Å². The molecule has 0 radical (unpaired) electrons. The molecule has 3 aromatic carbocycles. The number of nitriles is 1. The van der Waals surface area contributed by atoms with E-state index in [1.165, 1.54) is 6.07 Å². The molecule has 144 valence electrons. The molecule has 0 aromatic heterocycles. The first-order chi connectivity index (χ1) is 14.1. The number of halogens is 2. The van der Waals surface area contributed by atoms with Gasteiger partial charge in [0.25, 0.3) is 0 Å². The minimum atomic E-state index is -0.491. The lowest BCUT2D eigenvalue weighted by Gasteiger charge is -2.07. The van der Waals surface area contributed by atoms with E-state index in [4.69, 9.17) is 5.26 Å². The minimum absolute atomic E-state index is 0.245. The summed E-state index contributed by atoms with van der Waals surface area (Å²) in [6.07, 6.45) is 4.14. The lowest BCUT2D eigenvalue weighted by atomic mass is 9.99. The Kier molecular flexibility index (Phi) is 6.77. The van der Waals surface area contributed by atoms with Gasteiger partial charge in [-0.3, -0.25) is 0 Å². The van der Waals surface area contributed by atoms with Crippen LogP contribution in [0.5, 0.6) is 0 Å². The maximum atomic E-state index is 14.5. The zero-order valence-electron chi connectivity index (χ0n) is 16.3. The van der Waals surface area contributed by atoms with Crippen molar-refractivity contribution in [2.45, 2.75) is 32.6 Å². The zero-order chi connectivity index (χ0) is 20.6. The molecule has 0 unspecified atom stereocenters. The van der Waals surface area contributed by atoms with Crippen LogP contribution in [0.15, 0.2) is 60.7 Å². The summed E-state index contributed by atoms with van der Waals surface area (Å²) < 4.78 is 29.0. The smallest absolute Gasteiger partial charge is 0.139 e. The van der Waals surface area contributed by atoms with E-state index in [0.29, 0.717) is 22.3 Å². The van der Waals surface area contributed by atoms with Crippen molar-refractivity contribution in [3.8, 4) is 29.0 Å². The Labute approximate surface area is 170 Å². The van der Waals surface area contributed by atoms with Crippen molar-refractivity contribution >= 4 is 0 Å². The highest BCUT2D eigenvalue weighted by atomic mass is 19.1. The Bertz CT molecular complexity index is 1100. The van der Waals surface area contributed by atoms with Gasteiger partial charge in [0.2, 0.25) is 0 Å². The third-order valence-corrected chi connectivity index (χ3v) is 4.74. The molecule has 0 aliphatic heterocycles. The number of hydrogen-bond acceptors (Lipinski definition) is 1. The summed E-state index contributed by atoms with van der Waals surface area (Å²) in [5.74, 6) is 4.85. The first kappa shape index (κ1) is 20.3. The topological polar surface area (TPSA) is 23.8 Å². The first-order valence-electron chi connectivity index (χ1n) is 9.71. The van der Waals surface area contributed by atoms with Crippen molar-refractivity contribution in [3.63, 3.8) is 0 Å². The molecule has 0 aliphatic rings. The Hall–Kier alpha value is -3.43. The van der Waals surface area contributed by atoms with Gasteiger partial charge in [0.1, 0.15) is 11.6 Å². The van der Waals surface area contributed by atoms with Crippen molar-refractivity contribution in [3.05, 3.63) is 94.6 Å². The number of unbranched alkanes of at least 4 members (excludes halogenated alkanes) is 2. The maximum absolute atomic E-state index is 14.5. The van der Waals surface area contributed by atoms with Gasteiger partial charge in [-0.25, -0.2) is 8.78 Å². The van der Waals surface area contributed by atoms with Gasteiger partial charge in [0, 0.05) is 11.1 Å². The van der Waals surface area contributed by atoms with E-state index in [9.17, 15) is 8.78 Å². The van der Waals surface area contributed by atoms with Gasteiger partial charge in [-0.2, -0.15) is 5.26 Å². The van der Waals surface area contributed by atoms with Gasteiger partial charge in [0.05, 0.1) is 17.2 Å². The van der Waals surface area contributed by atoms with Gasteiger partial charge in [-0.15, -0.1) is 0 Å². The second kappa shape index (κ2) is 9.67. The van der Waals surface area contributed by atoms with Crippen LogP contribution in [-0.4, -0.2) is 0 Å². The molecule has 29 heavy (non-hydrogen) atoms. The van der Waals surface area contributed by atoms with E-state index in [-0.39, 0.29) is 11.4 Å². The van der Waals surface area contributed by atoms with Crippen molar-refractivity contribution in [1.29, 1.82) is 5.26 Å². The van der Waals surface area contributed by atoms with E-state index in [1.54, 1.807) is 48.5 Å². The Morgan fingerprint density at radius 3 is 2.21 bits per heavy atom. The molecule has 3 rings (SSSR count). The monoisotopic (exact) mass is 385 g/mol. The van der Waals surface area contributed by atoms with E-state index in [0.717, 1.165) is 31.2 Å². The lowest BCUT2D eigenvalue weighted by Crippen LogP contribution is -1.92. The Balaban J connectivity index is 1.79. The third kappa shape index (κ3) is 5.31. The molecule has 0 amide bonds. The molecule has 3 heteroatoms. The average molecular weight is 385 g/mol. The molecule has 0 saturated carbocycles. The number of aryl methyl sites for hydroxylation is 1. The molecule has 0 aliphatic carbocycles. The first-order valence-corrected chi connectivity index (χ1v) is 9.71. The second-order valence-corrected chi connectivity index (χ2v) is 6.91. The van der Waals surface area contributed by atoms with Gasteiger partial charge in [-0.05, 0) is 66.4 Å². The predicted molar refractivity (Wildman–Crippen MR) is 112 cm³/mol. The minimum Gasteiger partial charge on any atom is -0.206 e. The van der Waals surface area contributed by atoms with Crippen LogP contribution in [0.25, 0.3) is 11.1 Å². The van der Waals surface area contributed by atoms with Crippen LogP contribution in [0, 0.1) is 34.8 Å². The number of nitrogens with zero attached hydrogens (tertiary/aromatic N) is 1. The number of hydrogen-bond donors (Lipinski definition) is 0. The van der Waals surface area contributed by atoms with E-state index in [2.05, 4.69) is 18.8 Å². The highest BCUT2D eigenvalue weighted by Gasteiger charge is 2.09. The molecular formula is C26H21F2N. The lowest BCUT2D eigenvalue weighted by molar-refractivity contribution is 0.620. The fourth-order valence-electron chi connectivity index (χ4n) is 3.08. The van der Waals surface area contributed by atoms with Gasteiger partial charge in [-0.1, -0.05) is 49.8 Å². The van der Waals surface area contributed by atoms with Crippen LogP contribution < -0.4 is 0 Å². The van der Waals surface area contributed by atoms with Crippen molar-refractivity contribution < 1.29 is 8.78 Å². The van der Waals surface area contributed by atoms with Crippen LogP contribution in [0.3, 0.4) is 0 Å². The van der Waals surface area contributed by atoms with Crippen LogP contribution in [0.1, 0.15) is 48.4 Å². The van der Waals surface area contributed by atoms with Crippen LogP contribution in [-0.2, 0) is 6.42 Å². The van der Waals surface area contributed by atoms with Crippen molar-refractivity contribution in [2.24, 2.45) is 0 Å². The highest BCUT2D eigenvalue weighted by Crippen LogP contribution is 2.26. The molecule has 0 spiro atoms. The van der Waals surface area contributed by atoms with Gasteiger partial charge < -0.3 is 0 Å². The molecule has 0 saturated heterocycles. The summed E-state index contributed by atoms with van der Waals surface area (Å²) in [4.78, 5) is 0. The molecule has 0 bridgehead atoms. The molecule has 1 nitrogen and oxygen atoms in total.